The molecule has 0 radical (unpaired) electrons. The Labute approximate surface area is 98.3 Å². The predicted octanol–water partition coefficient (Wildman–Crippen LogP) is 4.52. The molecule has 92 valence electrons. The lowest BCUT2D eigenvalue weighted by molar-refractivity contribution is 0.0488. The lowest BCUT2D eigenvalue weighted by Gasteiger charge is -2.38. The van der Waals surface area contributed by atoms with Gasteiger partial charge >= 0.3 is 0 Å². The number of rotatable bonds is 7. The molecular formula is C13H30OSi. The van der Waals surface area contributed by atoms with E-state index in [0.29, 0.717) is 0 Å². The lowest BCUT2D eigenvalue weighted by atomic mass is 9.95. The molecule has 0 aromatic rings. The van der Waals surface area contributed by atoms with E-state index in [1.54, 1.807) is 0 Å². The second kappa shape index (κ2) is 6.69. The maximum Gasteiger partial charge on any atom is 0.182 e. The van der Waals surface area contributed by atoms with Crippen LogP contribution in [0.2, 0.25) is 11.1 Å². The van der Waals surface area contributed by atoms with Crippen LogP contribution in [0.15, 0.2) is 0 Å². The molecule has 15 heavy (non-hydrogen) atoms. The van der Waals surface area contributed by atoms with Crippen molar-refractivity contribution in [3.8, 4) is 0 Å². The van der Waals surface area contributed by atoms with Gasteiger partial charge in [0.25, 0.3) is 0 Å². The summed E-state index contributed by atoms with van der Waals surface area (Å²) in [6.07, 6.45) is 3.47. The van der Waals surface area contributed by atoms with Gasteiger partial charge in [-0.25, -0.2) is 0 Å². The van der Waals surface area contributed by atoms with E-state index < -0.39 is 9.04 Å². The second-order valence-corrected chi connectivity index (χ2v) is 9.15. The molecule has 0 aromatic carbocycles. The second-order valence-electron chi connectivity index (χ2n) is 5.31. The zero-order valence-electron chi connectivity index (χ0n) is 11.8. The predicted molar refractivity (Wildman–Crippen MR) is 72.0 cm³/mol. The fourth-order valence-corrected chi connectivity index (χ4v) is 5.49. The SMILES string of the molecule is CCC(CC)(CC)O[SiH](C(C)C)C(C)C. The van der Waals surface area contributed by atoms with E-state index >= 15 is 0 Å². The summed E-state index contributed by atoms with van der Waals surface area (Å²) in [7, 11) is -1.06. The Hall–Kier alpha value is 0.177. The Bertz CT molecular complexity index is 146. The summed E-state index contributed by atoms with van der Waals surface area (Å²) in [5.41, 5.74) is 1.66. The van der Waals surface area contributed by atoms with Gasteiger partial charge in [0.1, 0.15) is 0 Å². The molecule has 0 aliphatic rings. The molecule has 1 nitrogen and oxygen atoms in total. The highest BCUT2D eigenvalue weighted by Gasteiger charge is 2.32. The van der Waals surface area contributed by atoms with Gasteiger partial charge in [-0.05, 0) is 30.3 Å². The van der Waals surface area contributed by atoms with Gasteiger partial charge < -0.3 is 4.43 Å². The molecule has 0 saturated carbocycles. The molecule has 0 bridgehead atoms. The molecule has 0 N–H and O–H groups in total. The van der Waals surface area contributed by atoms with Gasteiger partial charge in [0.2, 0.25) is 0 Å². The van der Waals surface area contributed by atoms with Crippen molar-refractivity contribution in [1.29, 1.82) is 0 Å². The van der Waals surface area contributed by atoms with Crippen molar-refractivity contribution in [3.05, 3.63) is 0 Å². The van der Waals surface area contributed by atoms with Crippen LogP contribution < -0.4 is 0 Å². The molecule has 0 aliphatic carbocycles. The Morgan fingerprint density at radius 3 is 1.40 bits per heavy atom. The summed E-state index contributed by atoms with van der Waals surface area (Å²) in [6.45, 7) is 16.1. The zero-order valence-corrected chi connectivity index (χ0v) is 12.9. The largest absolute Gasteiger partial charge is 0.414 e. The molecule has 0 atom stereocenters. The van der Waals surface area contributed by atoms with E-state index in [1.807, 2.05) is 0 Å². The minimum atomic E-state index is -1.06. The van der Waals surface area contributed by atoms with Gasteiger partial charge in [-0.15, -0.1) is 0 Å². The third-order valence-corrected chi connectivity index (χ3v) is 7.03. The third-order valence-electron chi connectivity index (χ3n) is 3.63. The highest BCUT2D eigenvalue weighted by Crippen LogP contribution is 2.31. The van der Waals surface area contributed by atoms with Crippen LogP contribution in [0.5, 0.6) is 0 Å². The van der Waals surface area contributed by atoms with Crippen molar-refractivity contribution < 1.29 is 4.43 Å². The van der Waals surface area contributed by atoms with Crippen LogP contribution in [-0.2, 0) is 4.43 Å². The maximum atomic E-state index is 6.55. The first-order valence-electron chi connectivity index (χ1n) is 6.60. The monoisotopic (exact) mass is 230 g/mol. The van der Waals surface area contributed by atoms with E-state index in [2.05, 4.69) is 48.5 Å². The van der Waals surface area contributed by atoms with Gasteiger partial charge in [-0.3, -0.25) is 0 Å². The first-order chi connectivity index (χ1) is 6.92. The molecule has 0 spiro atoms. The average molecular weight is 230 g/mol. The molecule has 0 rings (SSSR count). The van der Waals surface area contributed by atoms with Crippen molar-refractivity contribution >= 4 is 9.04 Å². The molecule has 0 unspecified atom stereocenters. The van der Waals surface area contributed by atoms with Crippen LogP contribution >= 0.6 is 0 Å². The van der Waals surface area contributed by atoms with Crippen molar-refractivity contribution in [2.75, 3.05) is 0 Å². The van der Waals surface area contributed by atoms with Gasteiger partial charge in [0, 0.05) is 0 Å². The summed E-state index contributed by atoms with van der Waals surface area (Å²) in [5, 5.41) is 0. The molecule has 0 amide bonds. The third kappa shape index (κ3) is 4.27. The fourth-order valence-electron chi connectivity index (χ4n) is 2.33. The van der Waals surface area contributed by atoms with Crippen LogP contribution in [0, 0.1) is 0 Å². The molecular weight excluding hydrogens is 200 g/mol. The highest BCUT2D eigenvalue weighted by atomic mass is 28.3. The Balaban J connectivity index is 4.61. The van der Waals surface area contributed by atoms with Gasteiger partial charge in [0.15, 0.2) is 9.04 Å². The Morgan fingerprint density at radius 2 is 1.20 bits per heavy atom. The molecule has 2 heteroatoms. The van der Waals surface area contributed by atoms with Crippen LogP contribution in [0.3, 0.4) is 0 Å². The van der Waals surface area contributed by atoms with Gasteiger partial charge in [-0.2, -0.15) is 0 Å². The number of hydrogen-bond donors (Lipinski definition) is 0. The van der Waals surface area contributed by atoms with Crippen LogP contribution in [-0.4, -0.2) is 14.6 Å². The number of hydrogen-bond acceptors (Lipinski definition) is 1. The van der Waals surface area contributed by atoms with E-state index in [0.717, 1.165) is 30.3 Å². The minimum absolute atomic E-state index is 0.172. The van der Waals surface area contributed by atoms with Crippen LogP contribution in [0.4, 0.5) is 0 Å². The van der Waals surface area contributed by atoms with Gasteiger partial charge in [0.05, 0.1) is 5.60 Å². The molecule has 0 fully saturated rings. The smallest absolute Gasteiger partial charge is 0.182 e. The standard InChI is InChI=1S/C13H30OSi/c1-8-13(9-2,10-3)14-15(11(4)5)12(6)7/h11-12,15H,8-10H2,1-7H3. The molecule has 0 heterocycles. The lowest BCUT2D eigenvalue weighted by Crippen LogP contribution is -2.40. The van der Waals surface area contributed by atoms with E-state index in [4.69, 9.17) is 4.43 Å². The summed E-state index contributed by atoms with van der Waals surface area (Å²) in [5.74, 6) is 0. The van der Waals surface area contributed by atoms with Crippen molar-refractivity contribution in [2.45, 2.75) is 84.4 Å². The summed E-state index contributed by atoms with van der Waals surface area (Å²) in [6, 6.07) is 0. The first kappa shape index (κ1) is 15.2. The Morgan fingerprint density at radius 1 is 0.867 bits per heavy atom. The van der Waals surface area contributed by atoms with Crippen LogP contribution in [0.1, 0.15) is 67.7 Å². The Kier molecular flexibility index (Phi) is 6.77. The molecule has 0 aromatic heterocycles. The topological polar surface area (TPSA) is 9.23 Å². The summed E-state index contributed by atoms with van der Waals surface area (Å²) >= 11 is 0. The van der Waals surface area contributed by atoms with Crippen LogP contribution in [0.25, 0.3) is 0 Å². The first-order valence-corrected chi connectivity index (χ1v) is 8.40. The zero-order chi connectivity index (χ0) is 12.1. The van der Waals surface area contributed by atoms with Crippen molar-refractivity contribution in [2.24, 2.45) is 0 Å². The maximum absolute atomic E-state index is 6.55. The van der Waals surface area contributed by atoms with E-state index in [1.165, 1.54) is 0 Å². The van der Waals surface area contributed by atoms with E-state index in [9.17, 15) is 0 Å². The minimum Gasteiger partial charge on any atom is -0.414 e. The molecule has 0 saturated heterocycles. The summed E-state index contributed by atoms with van der Waals surface area (Å²) in [4.78, 5) is 0. The fraction of sp³-hybridized carbons (Fsp3) is 1.00. The normalized spacial score (nSPS) is 13.2. The highest BCUT2D eigenvalue weighted by molar-refractivity contribution is 6.55. The molecule has 0 aliphatic heterocycles. The quantitative estimate of drug-likeness (QED) is 0.585. The van der Waals surface area contributed by atoms with E-state index in [-0.39, 0.29) is 5.60 Å². The average Bonchev–Trinajstić information content (AvgIpc) is 2.20. The summed E-state index contributed by atoms with van der Waals surface area (Å²) < 4.78 is 6.55. The van der Waals surface area contributed by atoms with Gasteiger partial charge in [-0.1, -0.05) is 48.5 Å². The van der Waals surface area contributed by atoms with Crippen molar-refractivity contribution in [1.82, 2.24) is 0 Å². The van der Waals surface area contributed by atoms with Crippen molar-refractivity contribution in [3.63, 3.8) is 0 Å².